The molecule has 102 valence electrons. The maximum absolute atomic E-state index is 13.0. The number of halogens is 1. The number of benzene rings is 2. The Morgan fingerprint density at radius 2 is 1.85 bits per heavy atom. The molecule has 2 nitrogen and oxygen atoms in total. The molecule has 1 aliphatic rings. The molecule has 0 aliphatic carbocycles. The van der Waals surface area contributed by atoms with Crippen LogP contribution in [0.4, 0.5) is 4.39 Å². The Kier molecular flexibility index (Phi) is 2.85. The predicted octanol–water partition coefficient (Wildman–Crippen LogP) is 4.02. The quantitative estimate of drug-likeness (QED) is 0.770. The maximum Gasteiger partial charge on any atom is 0.150 e. The van der Waals surface area contributed by atoms with Gasteiger partial charge in [0.1, 0.15) is 23.5 Å². The Labute approximate surface area is 117 Å². The molecule has 0 N–H and O–H groups in total. The summed E-state index contributed by atoms with van der Waals surface area (Å²) in [5.41, 5.74) is 3.06. The molecule has 0 fully saturated rings. The zero-order valence-electron chi connectivity index (χ0n) is 11.4. The molecular weight excluding hydrogens is 255 g/mol. The minimum absolute atomic E-state index is 0.267. The van der Waals surface area contributed by atoms with Crippen molar-refractivity contribution in [2.45, 2.75) is 25.9 Å². The number of aldehydes is 1. The van der Waals surface area contributed by atoms with E-state index in [9.17, 15) is 9.18 Å². The van der Waals surface area contributed by atoms with Crippen molar-refractivity contribution in [3.8, 4) is 16.9 Å². The maximum atomic E-state index is 13.0. The van der Waals surface area contributed by atoms with Crippen molar-refractivity contribution in [2.75, 3.05) is 0 Å². The van der Waals surface area contributed by atoms with Crippen LogP contribution in [0, 0.1) is 5.82 Å². The van der Waals surface area contributed by atoms with Gasteiger partial charge in [-0.05, 0) is 37.6 Å². The van der Waals surface area contributed by atoms with Crippen molar-refractivity contribution >= 4 is 6.29 Å². The van der Waals surface area contributed by atoms with Crippen molar-refractivity contribution in [2.24, 2.45) is 0 Å². The summed E-state index contributed by atoms with van der Waals surface area (Å²) in [4.78, 5) is 11.2. The highest BCUT2D eigenvalue weighted by molar-refractivity contribution is 5.84. The molecule has 3 rings (SSSR count). The second-order valence-corrected chi connectivity index (χ2v) is 5.67. The molecule has 1 aliphatic heterocycles. The second-order valence-electron chi connectivity index (χ2n) is 5.67. The van der Waals surface area contributed by atoms with Crippen molar-refractivity contribution in [1.29, 1.82) is 0 Å². The van der Waals surface area contributed by atoms with Crippen LogP contribution >= 0.6 is 0 Å². The van der Waals surface area contributed by atoms with E-state index in [-0.39, 0.29) is 11.4 Å². The summed E-state index contributed by atoms with van der Waals surface area (Å²) in [5.74, 6) is 0.474. The summed E-state index contributed by atoms with van der Waals surface area (Å²) < 4.78 is 19.0. The van der Waals surface area contributed by atoms with E-state index in [1.165, 1.54) is 12.1 Å². The topological polar surface area (TPSA) is 26.3 Å². The standard InChI is InChI=1S/C17H15FO2/c1-17(2)9-15-12(10-19)5-8-14(16(15)20-17)11-3-6-13(18)7-4-11/h3-8,10H,9H2,1-2H3. The van der Waals surface area contributed by atoms with Gasteiger partial charge in [0.05, 0.1) is 0 Å². The summed E-state index contributed by atoms with van der Waals surface area (Å²) in [6.07, 6.45) is 1.56. The van der Waals surface area contributed by atoms with Crippen LogP contribution < -0.4 is 4.74 Å². The van der Waals surface area contributed by atoms with E-state index in [2.05, 4.69) is 0 Å². The lowest BCUT2D eigenvalue weighted by molar-refractivity contribution is 0.112. The van der Waals surface area contributed by atoms with Crippen LogP contribution in [0.25, 0.3) is 11.1 Å². The minimum Gasteiger partial charge on any atom is -0.487 e. The number of rotatable bonds is 2. The third-order valence-corrected chi connectivity index (χ3v) is 3.56. The number of hydrogen-bond acceptors (Lipinski definition) is 2. The lowest BCUT2D eigenvalue weighted by atomic mass is 9.94. The first-order valence-corrected chi connectivity index (χ1v) is 6.56. The zero-order chi connectivity index (χ0) is 14.3. The van der Waals surface area contributed by atoms with Crippen LogP contribution in [-0.4, -0.2) is 11.9 Å². The average molecular weight is 270 g/mol. The highest BCUT2D eigenvalue weighted by Crippen LogP contribution is 2.43. The summed E-state index contributed by atoms with van der Waals surface area (Å²) in [7, 11) is 0. The fraction of sp³-hybridized carbons (Fsp3) is 0.235. The van der Waals surface area contributed by atoms with Gasteiger partial charge in [-0.15, -0.1) is 0 Å². The smallest absolute Gasteiger partial charge is 0.150 e. The molecule has 1 heterocycles. The summed E-state index contributed by atoms with van der Waals surface area (Å²) in [6.45, 7) is 3.99. The number of carbonyl (C=O) groups excluding carboxylic acids is 1. The number of hydrogen-bond donors (Lipinski definition) is 0. The van der Waals surface area contributed by atoms with Crippen molar-refractivity contribution in [3.05, 3.63) is 53.3 Å². The van der Waals surface area contributed by atoms with Gasteiger partial charge in [0.25, 0.3) is 0 Å². The van der Waals surface area contributed by atoms with E-state index in [4.69, 9.17) is 4.74 Å². The van der Waals surface area contributed by atoms with Crippen LogP contribution in [-0.2, 0) is 6.42 Å². The van der Waals surface area contributed by atoms with E-state index >= 15 is 0 Å². The molecule has 0 saturated carbocycles. The molecular formula is C17H15FO2. The third kappa shape index (κ3) is 2.09. The SMILES string of the molecule is CC1(C)Cc2c(C=O)ccc(-c3ccc(F)cc3)c2O1. The first-order chi connectivity index (χ1) is 9.50. The van der Waals surface area contributed by atoms with Crippen LogP contribution in [0.2, 0.25) is 0 Å². The monoisotopic (exact) mass is 270 g/mol. The van der Waals surface area contributed by atoms with Gasteiger partial charge >= 0.3 is 0 Å². The number of fused-ring (bicyclic) bond motifs is 1. The number of ether oxygens (including phenoxy) is 1. The number of carbonyl (C=O) groups is 1. The van der Waals surface area contributed by atoms with Crippen LogP contribution in [0.3, 0.4) is 0 Å². The summed E-state index contributed by atoms with van der Waals surface area (Å²) >= 11 is 0. The van der Waals surface area contributed by atoms with Crippen molar-refractivity contribution in [1.82, 2.24) is 0 Å². The molecule has 0 bridgehead atoms. The Bertz CT molecular complexity index is 672. The zero-order valence-corrected chi connectivity index (χ0v) is 11.4. The summed E-state index contributed by atoms with van der Waals surface area (Å²) in [6, 6.07) is 9.96. The van der Waals surface area contributed by atoms with Gasteiger partial charge in [-0.25, -0.2) is 4.39 Å². The van der Waals surface area contributed by atoms with E-state index in [0.717, 1.165) is 28.7 Å². The average Bonchev–Trinajstić information content (AvgIpc) is 2.73. The first-order valence-electron chi connectivity index (χ1n) is 6.56. The lowest BCUT2D eigenvalue weighted by Crippen LogP contribution is -2.24. The van der Waals surface area contributed by atoms with Gasteiger partial charge < -0.3 is 4.74 Å². The lowest BCUT2D eigenvalue weighted by Gasteiger charge is -2.18. The molecule has 3 heteroatoms. The second kappa shape index (κ2) is 4.44. The van der Waals surface area contributed by atoms with E-state index in [1.807, 2.05) is 19.9 Å². The fourth-order valence-electron chi connectivity index (χ4n) is 2.65. The van der Waals surface area contributed by atoms with Gasteiger partial charge in [0, 0.05) is 23.1 Å². The first kappa shape index (κ1) is 12.9. The van der Waals surface area contributed by atoms with Gasteiger partial charge in [-0.3, -0.25) is 4.79 Å². The Balaban J connectivity index is 2.17. The largest absolute Gasteiger partial charge is 0.487 e. The molecule has 0 atom stereocenters. The fourth-order valence-corrected chi connectivity index (χ4v) is 2.65. The molecule has 0 unspecified atom stereocenters. The molecule has 2 aromatic rings. The molecule has 0 spiro atoms. The van der Waals surface area contributed by atoms with Gasteiger partial charge in [0.15, 0.2) is 0 Å². The predicted molar refractivity (Wildman–Crippen MR) is 75.6 cm³/mol. The third-order valence-electron chi connectivity index (χ3n) is 3.56. The van der Waals surface area contributed by atoms with Crippen LogP contribution in [0.15, 0.2) is 36.4 Å². The Morgan fingerprint density at radius 3 is 2.50 bits per heavy atom. The Hall–Kier alpha value is -2.16. The normalized spacial score (nSPS) is 15.6. The summed E-state index contributed by atoms with van der Waals surface area (Å²) in [5, 5.41) is 0. The van der Waals surface area contributed by atoms with E-state index in [1.54, 1.807) is 18.2 Å². The molecule has 0 amide bonds. The molecule has 2 aromatic carbocycles. The molecule has 0 radical (unpaired) electrons. The van der Waals surface area contributed by atoms with Gasteiger partial charge in [-0.1, -0.05) is 18.2 Å². The highest BCUT2D eigenvalue weighted by Gasteiger charge is 2.33. The van der Waals surface area contributed by atoms with E-state index in [0.29, 0.717) is 12.0 Å². The van der Waals surface area contributed by atoms with Crippen LogP contribution in [0.5, 0.6) is 5.75 Å². The highest BCUT2D eigenvalue weighted by atomic mass is 19.1. The Morgan fingerprint density at radius 1 is 1.15 bits per heavy atom. The van der Waals surface area contributed by atoms with Gasteiger partial charge in [-0.2, -0.15) is 0 Å². The van der Waals surface area contributed by atoms with Crippen molar-refractivity contribution < 1.29 is 13.9 Å². The van der Waals surface area contributed by atoms with Gasteiger partial charge in [0.2, 0.25) is 0 Å². The minimum atomic E-state index is -0.323. The van der Waals surface area contributed by atoms with E-state index < -0.39 is 0 Å². The van der Waals surface area contributed by atoms with Crippen LogP contribution in [0.1, 0.15) is 29.8 Å². The molecule has 0 aromatic heterocycles. The molecule has 20 heavy (non-hydrogen) atoms. The molecule has 0 saturated heterocycles. The van der Waals surface area contributed by atoms with Crippen molar-refractivity contribution in [3.63, 3.8) is 0 Å².